The van der Waals surface area contributed by atoms with E-state index < -0.39 is 10.7 Å². The predicted molar refractivity (Wildman–Crippen MR) is 74.0 cm³/mol. The zero-order chi connectivity index (χ0) is 15.4. The number of hydrogen-bond donors (Lipinski definition) is 1. The summed E-state index contributed by atoms with van der Waals surface area (Å²) in [5.74, 6) is -0.0573. The molecule has 0 unspecified atom stereocenters. The zero-order valence-electron chi connectivity index (χ0n) is 11.2. The summed E-state index contributed by atoms with van der Waals surface area (Å²) in [7, 11) is 1.40. The number of rotatable bonds is 5. The molecule has 0 fully saturated rings. The first-order valence-corrected chi connectivity index (χ1v) is 6.03. The molecule has 2 aromatic carbocycles. The molecule has 0 saturated carbocycles. The van der Waals surface area contributed by atoms with Crippen molar-refractivity contribution >= 4 is 5.69 Å². The lowest BCUT2D eigenvalue weighted by Crippen LogP contribution is -1.99. The highest BCUT2D eigenvalue weighted by molar-refractivity contribution is 5.52. The summed E-state index contributed by atoms with van der Waals surface area (Å²) < 4.78 is 23.7. The minimum absolute atomic E-state index is 0.00521. The molecule has 6 nitrogen and oxygen atoms in total. The number of benzene rings is 2. The number of hydrogen-bond acceptors (Lipinski definition) is 5. The van der Waals surface area contributed by atoms with Gasteiger partial charge in [-0.15, -0.1) is 0 Å². The second-order valence-corrected chi connectivity index (χ2v) is 4.19. The Kier molecular flexibility index (Phi) is 4.34. The Morgan fingerprint density at radius 2 is 2.00 bits per heavy atom. The molecular formula is C14H13FN2O4. The van der Waals surface area contributed by atoms with Crippen LogP contribution in [0.5, 0.6) is 17.2 Å². The number of halogens is 1. The highest BCUT2D eigenvalue weighted by atomic mass is 19.1. The summed E-state index contributed by atoms with van der Waals surface area (Å²) in [6, 6.07) is 8.08. The third kappa shape index (κ3) is 3.46. The molecule has 0 aliphatic heterocycles. The Labute approximate surface area is 120 Å². The van der Waals surface area contributed by atoms with E-state index in [4.69, 9.17) is 15.2 Å². The number of nitro benzene ring substituents is 1. The van der Waals surface area contributed by atoms with Crippen LogP contribution < -0.4 is 15.2 Å². The molecule has 21 heavy (non-hydrogen) atoms. The molecule has 0 saturated heterocycles. The number of nitrogens with two attached hydrogens (primary N) is 1. The normalized spacial score (nSPS) is 10.2. The summed E-state index contributed by atoms with van der Waals surface area (Å²) in [5, 5.41) is 11.0. The van der Waals surface area contributed by atoms with Crippen molar-refractivity contribution in [3.63, 3.8) is 0 Å². The molecule has 0 heterocycles. The Balaban J connectivity index is 2.39. The summed E-state index contributed by atoms with van der Waals surface area (Å²) in [4.78, 5) is 10.4. The minimum atomic E-state index is -0.596. The van der Waals surface area contributed by atoms with Gasteiger partial charge in [-0.2, -0.15) is 0 Å². The van der Waals surface area contributed by atoms with Gasteiger partial charge in [0, 0.05) is 12.6 Å². The monoisotopic (exact) mass is 292 g/mol. The number of ether oxygens (including phenoxy) is 2. The highest BCUT2D eigenvalue weighted by Crippen LogP contribution is 2.34. The molecule has 0 atom stereocenters. The fourth-order valence-electron chi connectivity index (χ4n) is 1.78. The summed E-state index contributed by atoms with van der Waals surface area (Å²) >= 11 is 0. The van der Waals surface area contributed by atoms with E-state index in [2.05, 4.69) is 0 Å². The van der Waals surface area contributed by atoms with E-state index in [1.54, 1.807) is 0 Å². The SMILES string of the molecule is COc1ccc(Oc2cc(F)cc(CN)c2)c([N+](=O)[O-])c1. The van der Waals surface area contributed by atoms with Crippen molar-refractivity contribution in [1.82, 2.24) is 0 Å². The van der Waals surface area contributed by atoms with Gasteiger partial charge in [-0.05, 0) is 29.8 Å². The van der Waals surface area contributed by atoms with Gasteiger partial charge >= 0.3 is 5.69 Å². The quantitative estimate of drug-likeness (QED) is 0.676. The van der Waals surface area contributed by atoms with Crippen LogP contribution in [-0.4, -0.2) is 12.0 Å². The second kappa shape index (κ2) is 6.19. The lowest BCUT2D eigenvalue weighted by atomic mass is 10.2. The van der Waals surface area contributed by atoms with Crippen LogP contribution >= 0.6 is 0 Å². The average Bonchev–Trinajstić information content (AvgIpc) is 2.46. The van der Waals surface area contributed by atoms with Crippen LogP contribution in [0.2, 0.25) is 0 Å². The molecule has 0 radical (unpaired) electrons. The molecule has 0 bridgehead atoms. The van der Waals surface area contributed by atoms with Gasteiger partial charge < -0.3 is 15.2 Å². The highest BCUT2D eigenvalue weighted by Gasteiger charge is 2.17. The first-order chi connectivity index (χ1) is 10.0. The van der Waals surface area contributed by atoms with Gasteiger partial charge in [0.2, 0.25) is 5.75 Å². The van der Waals surface area contributed by atoms with Gasteiger partial charge in [0.05, 0.1) is 18.1 Å². The predicted octanol–water partition coefficient (Wildman–Crippen LogP) is 2.99. The van der Waals surface area contributed by atoms with Crippen molar-refractivity contribution in [2.45, 2.75) is 6.54 Å². The molecule has 0 spiro atoms. The van der Waals surface area contributed by atoms with Crippen LogP contribution in [0.25, 0.3) is 0 Å². The summed E-state index contributed by atoms with van der Waals surface area (Å²) in [6.45, 7) is 0.138. The van der Waals surface area contributed by atoms with E-state index in [0.717, 1.165) is 6.07 Å². The van der Waals surface area contributed by atoms with Gasteiger partial charge in [-0.1, -0.05) is 0 Å². The lowest BCUT2D eigenvalue weighted by molar-refractivity contribution is -0.385. The average molecular weight is 292 g/mol. The maximum absolute atomic E-state index is 13.4. The van der Waals surface area contributed by atoms with Crippen molar-refractivity contribution in [2.75, 3.05) is 7.11 Å². The van der Waals surface area contributed by atoms with Crippen LogP contribution in [-0.2, 0) is 6.54 Å². The van der Waals surface area contributed by atoms with Crippen LogP contribution in [0.1, 0.15) is 5.56 Å². The van der Waals surface area contributed by atoms with Gasteiger partial charge in [0.25, 0.3) is 0 Å². The third-order valence-corrected chi connectivity index (χ3v) is 2.76. The molecule has 0 aliphatic carbocycles. The van der Waals surface area contributed by atoms with Crippen LogP contribution in [0.3, 0.4) is 0 Å². The molecule has 0 aromatic heterocycles. The second-order valence-electron chi connectivity index (χ2n) is 4.19. The van der Waals surface area contributed by atoms with E-state index >= 15 is 0 Å². The van der Waals surface area contributed by atoms with Crippen molar-refractivity contribution in [2.24, 2.45) is 5.73 Å². The Morgan fingerprint density at radius 1 is 1.24 bits per heavy atom. The van der Waals surface area contributed by atoms with Crippen molar-refractivity contribution in [1.29, 1.82) is 0 Å². The molecule has 0 aliphatic rings. The van der Waals surface area contributed by atoms with Gasteiger partial charge in [-0.25, -0.2) is 4.39 Å². The number of nitrogens with zero attached hydrogens (tertiary/aromatic N) is 1. The lowest BCUT2D eigenvalue weighted by Gasteiger charge is -2.09. The minimum Gasteiger partial charge on any atom is -0.496 e. The van der Waals surface area contributed by atoms with Crippen molar-refractivity contribution in [3.05, 3.63) is 57.9 Å². The Hall–Kier alpha value is -2.67. The summed E-state index contributed by atoms with van der Waals surface area (Å²) in [6.07, 6.45) is 0. The molecular weight excluding hydrogens is 279 g/mol. The van der Waals surface area contributed by atoms with Gasteiger partial charge in [-0.3, -0.25) is 10.1 Å². The van der Waals surface area contributed by atoms with E-state index in [1.165, 1.54) is 37.4 Å². The molecule has 110 valence electrons. The number of methoxy groups -OCH3 is 1. The maximum atomic E-state index is 13.4. The van der Waals surface area contributed by atoms with E-state index in [9.17, 15) is 14.5 Å². The topological polar surface area (TPSA) is 87.6 Å². The Morgan fingerprint density at radius 3 is 2.62 bits per heavy atom. The van der Waals surface area contributed by atoms with Crippen LogP contribution in [0, 0.1) is 15.9 Å². The molecule has 2 rings (SSSR count). The van der Waals surface area contributed by atoms with Gasteiger partial charge in [0.15, 0.2) is 0 Å². The standard InChI is InChI=1S/C14H13FN2O4/c1-20-11-2-3-14(13(7-11)17(18)19)21-12-5-9(8-16)4-10(15)6-12/h2-7H,8,16H2,1H3. The van der Waals surface area contributed by atoms with E-state index in [0.29, 0.717) is 11.3 Å². The van der Waals surface area contributed by atoms with Crippen LogP contribution in [0.15, 0.2) is 36.4 Å². The number of nitro groups is 1. The van der Waals surface area contributed by atoms with Crippen molar-refractivity contribution < 1.29 is 18.8 Å². The maximum Gasteiger partial charge on any atom is 0.315 e. The molecule has 7 heteroatoms. The fourth-order valence-corrected chi connectivity index (χ4v) is 1.78. The zero-order valence-corrected chi connectivity index (χ0v) is 11.2. The molecule has 2 aromatic rings. The van der Waals surface area contributed by atoms with Crippen molar-refractivity contribution in [3.8, 4) is 17.2 Å². The third-order valence-electron chi connectivity index (χ3n) is 2.76. The Bertz CT molecular complexity index is 676. The molecule has 2 N–H and O–H groups in total. The van der Waals surface area contributed by atoms with E-state index in [1.807, 2.05) is 0 Å². The largest absolute Gasteiger partial charge is 0.496 e. The summed E-state index contributed by atoms with van der Waals surface area (Å²) in [5.41, 5.74) is 5.71. The van der Waals surface area contributed by atoms with E-state index in [-0.39, 0.29) is 23.7 Å². The smallest absolute Gasteiger partial charge is 0.315 e. The first-order valence-electron chi connectivity index (χ1n) is 6.03. The van der Waals surface area contributed by atoms with Gasteiger partial charge in [0.1, 0.15) is 17.3 Å². The first kappa shape index (κ1) is 14.7. The fraction of sp³-hybridized carbons (Fsp3) is 0.143. The van der Waals surface area contributed by atoms with Crippen LogP contribution in [0.4, 0.5) is 10.1 Å². The molecule has 0 amide bonds.